The van der Waals surface area contributed by atoms with Gasteiger partial charge in [-0.25, -0.2) is 9.59 Å². The van der Waals surface area contributed by atoms with Crippen LogP contribution in [0.1, 0.15) is 55.6 Å². The van der Waals surface area contributed by atoms with Crippen molar-refractivity contribution < 1.29 is 28.3 Å². The molecule has 2 atom stereocenters. The monoisotopic (exact) mass is 513 g/mol. The molecule has 3 saturated heterocycles. The summed E-state index contributed by atoms with van der Waals surface area (Å²) in [5.41, 5.74) is 0.547. The van der Waals surface area contributed by atoms with Crippen molar-refractivity contribution in [1.82, 2.24) is 5.32 Å². The van der Waals surface area contributed by atoms with E-state index in [4.69, 9.17) is 21.1 Å². The number of nitrogens with zero attached hydrogens (tertiary/aromatic N) is 1. The van der Waals surface area contributed by atoms with E-state index in [9.17, 15) is 14.4 Å². The van der Waals surface area contributed by atoms with Gasteiger partial charge in [-0.15, -0.1) is 0 Å². The summed E-state index contributed by atoms with van der Waals surface area (Å²) in [6, 6.07) is 15.0. The lowest BCUT2D eigenvalue weighted by atomic mass is 9.82. The van der Waals surface area contributed by atoms with Crippen molar-refractivity contribution in [3.8, 4) is 0 Å². The number of carbonyl (C=O) groups is 3. The number of alkyl carbamates (subject to hydrolysis) is 1. The number of nitrogens with one attached hydrogen (secondary N) is 1. The molecule has 0 saturated carbocycles. The summed E-state index contributed by atoms with van der Waals surface area (Å²) in [6.07, 6.45) is 0.764. The Morgan fingerprint density at radius 2 is 1.67 bits per heavy atom. The number of fused-ring (bicyclic) bond motifs is 3. The van der Waals surface area contributed by atoms with Crippen LogP contribution < -0.4 is 5.32 Å². The van der Waals surface area contributed by atoms with Gasteiger partial charge in [0.1, 0.15) is 18.7 Å². The summed E-state index contributed by atoms with van der Waals surface area (Å²) in [7, 11) is 0. The van der Waals surface area contributed by atoms with Crippen molar-refractivity contribution >= 4 is 29.4 Å². The predicted octanol–water partition coefficient (Wildman–Crippen LogP) is 4.94. The van der Waals surface area contributed by atoms with E-state index in [2.05, 4.69) is 5.32 Å². The topological polar surface area (TPSA) is 81.7 Å². The minimum atomic E-state index is -1.04. The normalized spacial score (nSPS) is 24.0. The molecule has 3 fully saturated rings. The van der Waals surface area contributed by atoms with E-state index in [1.807, 2.05) is 30.3 Å². The maximum Gasteiger partial charge on any atom is 0.408 e. The Hall–Kier alpha value is -2.90. The summed E-state index contributed by atoms with van der Waals surface area (Å²) >= 11 is 6.03. The van der Waals surface area contributed by atoms with Crippen LogP contribution in [0.4, 0.5) is 4.79 Å². The lowest BCUT2D eigenvalue weighted by molar-refractivity contribution is -0.938. The number of benzene rings is 2. The molecule has 2 aromatic carbocycles. The van der Waals surface area contributed by atoms with E-state index in [0.717, 1.165) is 25.9 Å². The molecular formula is C28H34ClN2O5+. The van der Waals surface area contributed by atoms with Crippen molar-refractivity contribution in [2.75, 3.05) is 26.2 Å². The fourth-order valence-corrected chi connectivity index (χ4v) is 5.30. The third-order valence-corrected chi connectivity index (χ3v) is 7.24. The summed E-state index contributed by atoms with van der Waals surface area (Å²) < 4.78 is 12.0. The number of Topliss-reactive ketones (excluding diaryl/α,β-unsaturated/α-hetero) is 1. The predicted molar refractivity (Wildman–Crippen MR) is 137 cm³/mol. The quantitative estimate of drug-likeness (QED) is 0.322. The highest BCUT2D eigenvalue weighted by Gasteiger charge is 2.49. The number of esters is 1. The van der Waals surface area contributed by atoms with Gasteiger partial charge in [-0.3, -0.25) is 4.79 Å². The zero-order chi connectivity index (χ0) is 25.9. The summed E-state index contributed by atoms with van der Waals surface area (Å²) in [5.74, 6) is -0.200. The van der Waals surface area contributed by atoms with E-state index in [0.29, 0.717) is 33.7 Å². The Bertz CT molecular complexity index is 1090. The minimum absolute atomic E-state index is 0.103. The average molecular weight is 514 g/mol. The van der Waals surface area contributed by atoms with Crippen LogP contribution >= 0.6 is 11.6 Å². The minimum Gasteiger partial charge on any atom is -0.454 e. The first-order valence-corrected chi connectivity index (χ1v) is 12.8. The number of ketones is 1. The largest absolute Gasteiger partial charge is 0.454 e. The number of hydrogen-bond acceptors (Lipinski definition) is 5. The van der Waals surface area contributed by atoms with E-state index >= 15 is 0 Å². The van der Waals surface area contributed by atoms with Gasteiger partial charge in [-0.2, -0.15) is 0 Å². The molecule has 8 heteroatoms. The number of carbonyl (C=O) groups excluding carboxylic acids is 3. The van der Waals surface area contributed by atoms with Crippen LogP contribution in [-0.2, 0) is 14.3 Å². The van der Waals surface area contributed by atoms with Gasteiger partial charge in [0.05, 0.1) is 13.1 Å². The van der Waals surface area contributed by atoms with E-state index in [-0.39, 0.29) is 17.8 Å². The first-order chi connectivity index (χ1) is 17.0. The fourth-order valence-electron chi connectivity index (χ4n) is 5.17. The van der Waals surface area contributed by atoms with Crippen LogP contribution in [0.5, 0.6) is 0 Å². The molecule has 36 heavy (non-hydrogen) atoms. The molecular weight excluding hydrogens is 480 g/mol. The van der Waals surface area contributed by atoms with E-state index in [1.165, 1.54) is 0 Å². The highest BCUT2D eigenvalue weighted by atomic mass is 35.5. The Balaban J connectivity index is 1.48. The zero-order valence-corrected chi connectivity index (χ0v) is 21.8. The van der Waals surface area contributed by atoms with E-state index < -0.39 is 23.7 Å². The Morgan fingerprint density at radius 3 is 2.28 bits per heavy atom. The second kappa shape index (κ2) is 10.6. The molecule has 0 aromatic heterocycles. The van der Waals surface area contributed by atoms with Crippen LogP contribution in [0, 0.1) is 5.92 Å². The molecule has 2 bridgehead atoms. The standard InChI is InChI=1S/C28H33ClN2O5/c1-28(2,3)36-27(34)30-25(21-9-11-22(29)12-10-21)26(33)35-24-18-31(15-13-20(24)14-16-31)17-23(32)19-7-5-4-6-8-19/h4-12,20,24-25H,13-18H2,1-3H3/p+1/t20?,24-,25?,31?/m0/s1. The van der Waals surface area contributed by atoms with Gasteiger partial charge in [0.15, 0.2) is 12.1 Å². The number of piperidine rings is 3. The number of quaternary nitrogens is 1. The Labute approximate surface area is 217 Å². The lowest BCUT2D eigenvalue weighted by Crippen LogP contribution is -2.66. The van der Waals surface area contributed by atoms with Crippen molar-refractivity contribution in [2.45, 2.75) is 51.4 Å². The molecule has 1 unspecified atom stereocenters. The van der Waals surface area contributed by atoms with Crippen LogP contribution in [-0.4, -0.2) is 60.2 Å². The number of hydrogen-bond donors (Lipinski definition) is 1. The maximum atomic E-state index is 13.4. The van der Waals surface area contributed by atoms with Gasteiger partial charge in [0.2, 0.25) is 5.78 Å². The molecule has 1 N–H and O–H groups in total. The molecule has 7 nitrogen and oxygen atoms in total. The highest BCUT2D eigenvalue weighted by Crippen LogP contribution is 2.36. The lowest BCUT2D eigenvalue weighted by Gasteiger charge is -2.51. The molecule has 192 valence electrons. The van der Waals surface area contributed by atoms with Crippen molar-refractivity contribution in [2.24, 2.45) is 5.92 Å². The third-order valence-electron chi connectivity index (χ3n) is 6.98. The van der Waals surface area contributed by atoms with Gasteiger partial charge < -0.3 is 19.3 Å². The van der Waals surface area contributed by atoms with Crippen molar-refractivity contribution in [3.05, 3.63) is 70.7 Å². The fraction of sp³-hybridized carbons (Fsp3) is 0.464. The maximum absolute atomic E-state index is 13.4. The van der Waals surface area contributed by atoms with Crippen molar-refractivity contribution in [1.29, 1.82) is 0 Å². The Kier molecular flexibility index (Phi) is 7.71. The van der Waals surface area contributed by atoms with Crippen LogP contribution in [0.3, 0.4) is 0 Å². The molecule has 3 heterocycles. The molecule has 0 spiro atoms. The van der Waals surface area contributed by atoms with Gasteiger partial charge >= 0.3 is 12.1 Å². The molecule has 3 aliphatic heterocycles. The SMILES string of the molecule is CC(C)(C)OC(=O)NC(C(=O)O[C@H]1C[N+]2(CC(=O)c3ccccc3)CCC1CC2)c1ccc(Cl)cc1. The molecule has 0 radical (unpaired) electrons. The highest BCUT2D eigenvalue weighted by molar-refractivity contribution is 6.30. The first-order valence-electron chi connectivity index (χ1n) is 12.4. The smallest absolute Gasteiger partial charge is 0.408 e. The molecule has 3 aliphatic rings. The summed E-state index contributed by atoms with van der Waals surface area (Å²) in [4.78, 5) is 38.9. The zero-order valence-electron chi connectivity index (χ0n) is 21.0. The molecule has 2 aromatic rings. The van der Waals surface area contributed by atoms with Crippen LogP contribution in [0.15, 0.2) is 54.6 Å². The molecule has 0 aliphatic carbocycles. The van der Waals surface area contributed by atoms with E-state index in [1.54, 1.807) is 45.0 Å². The Morgan fingerprint density at radius 1 is 1.03 bits per heavy atom. The van der Waals surface area contributed by atoms with Crippen LogP contribution in [0.25, 0.3) is 0 Å². The van der Waals surface area contributed by atoms with Crippen LogP contribution in [0.2, 0.25) is 5.02 Å². The van der Waals surface area contributed by atoms with Crippen molar-refractivity contribution in [3.63, 3.8) is 0 Å². The van der Waals surface area contributed by atoms with Gasteiger partial charge in [-0.05, 0) is 38.5 Å². The number of amides is 1. The van der Waals surface area contributed by atoms with Gasteiger partial charge in [-0.1, -0.05) is 54.1 Å². The summed E-state index contributed by atoms with van der Waals surface area (Å²) in [5, 5.41) is 3.19. The molecule has 1 amide bonds. The molecule has 5 rings (SSSR count). The number of halogens is 1. The second-order valence-electron chi connectivity index (χ2n) is 10.9. The number of rotatable bonds is 7. The van der Waals surface area contributed by atoms with Gasteiger partial charge in [0, 0.05) is 29.3 Å². The third kappa shape index (κ3) is 6.45. The second-order valence-corrected chi connectivity index (χ2v) is 11.3. The average Bonchev–Trinajstić information content (AvgIpc) is 2.83. The summed E-state index contributed by atoms with van der Waals surface area (Å²) in [6.45, 7) is 8.05. The number of ether oxygens (including phenoxy) is 2. The van der Waals surface area contributed by atoms with Gasteiger partial charge in [0.25, 0.3) is 0 Å². The first kappa shape index (κ1) is 26.2.